The van der Waals surface area contributed by atoms with E-state index in [0.717, 1.165) is 16.9 Å². The number of hydrogen-bond donors (Lipinski definition) is 1. The van der Waals surface area contributed by atoms with E-state index in [9.17, 15) is 9.90 Å². The van der Waals surface area contributed by atoms with E-state index in [4.69, 9.17) is 0 Å². The molecule has 23 heavy (non-hydrogen) atoms. The Morgan fingerprint density at radius 3 is 2.52 bits per heavy atom. The standard InChI is InChI=1S/C18H17N3O2/c1-11-9-12(2)19-17-16(11)18(23)20-15(10-13(3)22)21(17)14-7-5-4-6-8-14/h4-10,22H,1-3H3. The number of allylic oxidation sites excluding steroid dienone is 1. The smallest absolute Gasteiger partial charge is 0.283 e. The maximum atomic E-state index is 12.4. The first-order chi connectivity index (χ1) is 11.0. The third-order valence-corrected chi connectivity index (χ3v) is 3.55. The molecular formula is C18H17N3O2. The van der Waals surface area contributed by atoms with Gasteiger partial charge in [0.1, 0.15) is 5.82 Å². The Kier molecular flexibility index (Phi) is 3.70. The maximum absolute atomic E-state index is 12.4. The second-order valence-electron chi connectivity index (χ2n) is 5.51. The van der Waals surface area contributed by atoms with Crippen molar-refractivity contribution in [3.8, 4) is 5.69 Å². The molecule has 2 heterocycles. The summed E-state index contributed by atoms with van der Waals surface area (Å²) >= 11 is 0. The third-order valence-electron chi connectivity index (χ3n) is 3.55. The highest BCUT2D eigenvalue weighted by Gasteiger charge is 2.15. The van der Waals surface area contributed by atoms with Crippen LogP contribution in [0.2, 0.25) is 0 Å². The van der Waals surface area contributed by atoms with Gasteiger partial charge in [-0.25, -0.2) is 4.98 Å². The molecule has 0 amide bonds. The highest BCUT2D eigenvalue weighted by molar-refractivity contribution is 5.81. The minimum atomic E-state index is -0.343. The average molecular weight is 307 g/mol. The number of hydrogen-bond acceptors (Lipinski definition) is 4. The molecule has 0 atom stereocenters. The van der Waals surface area contributed by atoms with Crippen molar-refractivity contribution in [2.45, 2.75) is 20.8 Å². The van der Waals surface area contributed by atoms with Gasteiger partial charge in [0, 0.05) is 17.5 Å². The molecule has 0 unspecified atom stereocenters. The third kappa shape index (κ3) is 2.73. The highest BCUT2D eigenvalue weighted by Crippen LogP contribution is 2.20. The van der Waals surface area contributed by atoms with Crippen LogP contribution in [-0.2, 0) is 0 Å². The molecule has 5 heteroatoms. The summed E-state index contributed by atoms with van der Waals surface area (Å²) in [5, 5.41) is 10.1. The van der Waals surface area contributed by atoms with Crippen molar-refractivity contribution in [3.63, 3.8) is 0 Å². The minimum absolute atomic E-state index is 0.0744. The number of fused-ring (bicyclic) bond motifs is 1. The van der Waals surface area contributed by atoms with Gasteiger partial charge in [0.25, 0.3) is 5.56 Å². The first-order valence-corrected chi connectivity index (χ1v) is 7.31. The molecule has 0 aliphatic rings. The Bertz CT molecular complexity index is 969. The Balaban J connectivity index is 2.54. The summed E-state index contributed by atoms with van der Waals surface area (Å²) in [4.78, 5) is 21.1. The molecule has 1 N–H and O–H groups in total. The number of pyridine rings is 1. The molecule has 0 bridgehead atoms. The van der Waals surface area contributed by atoms with Crippen LogP contribution < -0.4 is 5.56 Å². The summed E-state index contributed by atoms with van der Waals surface area (Å²) in [7, 11) is 0. The molecule has 5 nitrogen and oxygen atoms in total. The Labute approximate surface area is 133 Å². The van der Waals surface area contributed by atoms with Gasteiger partial charge in [0.05, 0.1) is 11.1 Å². The molecule has 0 spiro atoms. The molecular weight excluding hydrogens is 290 g/mol. The number of aliphatic hydroxyl groups excluding tert-OH is 1. The van der Waals surface area contributed by atoms with Crippen LogP contribution in [-0.4, -0.2) is 19.6 Å². The molecule has 3 rings (SSSR count). The van der Waals surface area contributed by atoms with Crippen LogP contribution in [0.15, 0.2) is 47.0 Å². The molecule has 0 aliphatic carbocycles. The van der Waals surface area contributed by atoms with E-state index in [2.05, 4.69) is 9.97 Å². The van der Waals surface area contributed by atoms with Gasteiger partial charge < -0.3 is 5.11 Å². The lowest BCUT2D eigenvalue weighted by molar-refractivity contribution is 0.419. The number of aliphatic hydroxyl groups is 1. The van der Waals surface area contributed by atoms with E-state index < -0.39 is 0 Å². The highest BCUT2D eigenvalue weighted by atomic mass is 16.3. The predicted octanol–water partition coefficient (Wildman–Crippen LogP) is 3.32. The van der Waals surface area contributed by atoms with E-state index in [-0.39, 0.29) is 11.3 Å². The monoisotopic (exact) mass is 307 g/mol. The average Bonchev–Trinajstić information content (AvgIpc) is 2.46. The summed E-state index contributed by atoms with van der Waals surface area (Å²) in [6.45, 7) is 5.31. The van der Waals surface area contributed by atoms with Gasteiger partial charge in [-0.1, -0.05) is 18.2 Å². The molecule has 2 aromatic heterocycles. The topological polar surface area (TPSA) is 68.0 Å². The van der Waals surface area contributed by atoms with Gasteiger partial charge in [-0.15, -0.1) is 0 Å². The van der Waals surface area contributed by atoms with Crippen LogP contribution in [0, 0.1) is 13.8 Å². The number of rotatable bonds is 2. The molecule has 3 aromatic rings. The molecule has 116 valence electrons. The summed E-state index contributed by atoms with van der Waals surface area (Å²) in [5.41, 5.74) is 2.69. The molecule has 0 saturated heterocycles. The maximum Gasteiger partial charge on any atom is 0.283 e. The lowest BCUT2D eigenvalue weighted by Crippen LogP contribution is -2.18. The van der Waals surface area contributed by atoms with Gasteiger partial charge in [-0.3, -0.25) is 9.36 Å². The Hall–Kier alpha value is -2.95. The number of nitrogens with zero attached hydrogens (tertiary/aromatic N) is 3. The van der Waals surface area contributed by atoms with Crippen LogP contribution in [0.1, 0.15) is 24.0 Å². The van der Waals surface area contributed by atoms with Gasteiger partial charge in [0.2, 0.25) is 0 Å². The van der Waals surface area contributed by atoms with Crippen molar-refractivity contribution in [2.24, 2.45) is 0 Å². The molecule has 0 radical (unpaired) electrons. The van der Waals surface area contributed by atoms with Crippen LogP contribution >= 0.6 is 0 Å². The van der Waals surface area contributed by atoms with Crippen molar-refractivity contribution in [1.82, 2.24) is 14.5 Å². The normalized spacial score (nSPS) is 11.9. The molecule has 0 saturated carbocycles. The largest absolute Gasteiger partial charge is 0.512 e. The Morgan fingerprint density at radius 2 is 1.87 bits per heavy atom. The second-order valence-corrected chi connectivity index (χ2v) is 5.51. The van der Waals surface area contributed by atoms with E-state index in [1.54, 1.807) is 11.5 Å². The Morgan fingerprint density at radius 1 is 1.17 bits per heavy atom. The quantitative estimate of drug-likeness (QED) is 0.737. The van der Waals surface area contributed by atoms with E-state index in [1.807, 2.05) is 50.2 Å². The summed E-state index contributed by atoms with van der Waals surface area (Å²) in [6, 6.07) is 11.4. The SMILES string of the molecule is CC(O)=Cc1nc(=O)c2c(C)cc(C)nc2n1-c1ccccc1. The van der Waals surface area contributed by atoms with Crippen molar-refractivity contribution in [3.05, 3.63) is 69.6 Å². The van der Waals surface area contributed by atoms with Crippen molar-refractivity contribution in [2.75, 3.05) is 0 Å². The van der Waals surface area contributed by atoms with Crippen LogP contribution in [0.4, 0.5) is 0 Å². The van der Waals surface area contributed by atoms with Gasteiger partial charge in [0.15, 0.2) is 5.65 Å². The van der Waals surface area contributed by atoms with Gasteiger partial charge >= 0.3 is 0 Å². The number of benzene rings is 1. The molecule has 1 aromatic carbocycles. The van der Waals surface area contributed by atoms with E-state index >= 15 is 0 Å². The van der Waals surface area contributed by atoms with Crippen molar-refractivity contribution in [1.29, 1.82) is 0 Å². The van der Waals surface area contributed by atoms with Gasteiger partial charge in [-0.2, -0.15) is 4.98 Å². The zero-order valence-electron chi connectivity index (χ0n) is 13.2. The lowest BCUT2D eigenvalue weighted by atomic mass is 10.1. The van der Waals surface area contributed by atoms with Crippen LogP contribution in [0.25, 0.3) is 22.8 Å². The zero-order valence-corrected chi connectivity index (χ0v) is 13.2. The molecule has 0 fully saturated rings. The predicted molar refractivity (Wildman–Crippen MR) is 90.9 cm³/mol. The summed E-state index contributed by atoms with van der Waals surface area (Å²) < 4.78 is 1.79. The zero-order chi connectivity index (χ0) is 16.6. The fourth-order valence-electron chi connectivity index (χ4n) is 2.68. The minimum Gasteiger partial charge on any atom is -0.512 e. The van der Waals surface area contributed by atoms with E-state index in [0.29, 0.717) is 16.9 Å². The lowest BCUT2D eigenvalue weighted by Gasteiger charge is -2.15. The van der Waals surface area contributed by atoms with E-state index in [1.165, 1.54) is 6.08 Å². The first-order valence-electron chi connectivity index (χ1n) is 7.31. The fraction of sp³-hybridized carbons (Fsp3) is 0.167. The number of aryl methyl sites for hydroxylation is 2. The van der Waals surface area contributed by atoms with Gasteiger partial charge in [-0.05, 0) is 44.5 Å². The number of para-hydroxylation sites is 1. The van der Waals surface area contributed by atoms with Crippen LogP contribution in [0.5, 0.6) is 0 Å². The summed E-state index contributed by atoms with van der Waals surface area (Å²) in [6.07, 6.45) is 1.47. The van der Waals surface area contributed by atoms with Crippen molar-refractivity contribution < 1.29 is 5.11 Å². The summed E-state index contributed by atoms with van der Waals surface area (Å²) in [5.74, 6) is 0.427. The second kappa shape index (κ2) is 5.68. The van der Waals surface area contributed by atoms with Crippen LogP contribution in [0.3, 0.4) is 0 Å². The van der Waals surface area contributed by atoms with Crippen molar-refractivity contribution >= 4 is 17.1 Å². The number of aromatic nitrogens is 3. The molecule has 0 aliphatic heterocycles. The fourth-order valence-corrected chi connectivity index (χ4v) is 2.68. The first kappa shape index (κ1) is 15.0.